The molecule has 2 aromatic rings. The predicted octanol–water partition coefficient (Wildman–Crippen LogP) is 3.87. The highest BCUT2D eigenvalue weighted by atomic mass is 19.1. The molecule has 2 rings (SSSR count). The van der Waals surface area contributed by atoms with E-state index < -0.39 is 0 Å². The van der Waals surface area contributed by atoms with Crippen molar-refractivity contribution in [2.24, 2.45) is 0 Å². The lowest BCUT2D eigenvalue weighted by molar-refractivity contribution is 0.0993. The number of hydrogen-bond acceptors (Lipinski definition) is 1. The van der Waals surface area contributed by atoms with Crippen LogP contribution in [0.15, 0.2) is 42.5 Å². The van der Waals surface area contributed by atoms with Crippen LogP contribution in [0.5, 0.6) is 0 Å². The second-order valence-electron chi connectivity index (χ2n) is 4.53. The van der Waals surface area contributed by atoms with Crippen molar-refractivity contribution in [1.82, 2.24) is 0 Å². The van der Waals surface area contributed by atoms with E-state index in [2.05, 4.69) is 0 Å². The highest BCUT2D eigenvalue weighted by molar-refractivity contribution is 5.97. The molecular weight excluding hydrogens is 227 g/mol. The van der Waals surface area contributed by atoms with Crippen LogP contribution in [0.3, 0.4) is 0 Å². The van der Waals surface area contributed by atoms with E-state index in [1.807, 2.05) is 32.0 Å². The summed E-state index contributed by atoms with van der Waals surface area (Å²) in [6.45, 7) is 4.01. The topological polar surface area (TPSA) is 17.1 Å². The summed E-state index contributed by atoms with van der Waals surface area (Å²) in [4.78, 5) is 12.1. The predicted molar refractivity (Wildman–Crippen MR) is 70.4 cm³/mol. The standard InChI is InChI=1S/C16H15FO/c1-11-3-6-14(9-12(11)2)16(18)10-13-4-7-15(17)8-5-13/h3-9H,10H2,1-2H3. The van der Waals surface area contributed by atoms with Gasteiger partial charge in [-0.05, 0) is 48.7 Å². The molecule has 0 heterocycles. The number of hydrogen-bond donors (Lipinski definition) is 0. The Morgan fingerprint density at radius 2 is 1.67 bits per heavy atom. The monoisotopic (exact) mass is 242 g/mol. The molecule has 0 bridgehead atoms. The van der Waals surface area contributed by atoms with Gasteiger partial charge in [-0.3, -0.25) is 4.79 Å². The van der Waals surface area contributed by atoms with Crippen LogP contribution in [0.1, 0.15) is 27.0 Å². The third-order valence-corrected chi connectivity index (χ3v) is 3.11. The van der Waals surface area contributed by atoms with Crippen molar-refractivity contribution in [2.45, 2.75) is 20.3 Å². The van der Waals surface area contributed by atoms with Gasteiger partial charge in [-0.25, -0.2) is 4.39 Å². The van der Waals surface area contributed by atoms with E-state index in [1.54, 1.807) is 12.1 Å². The van der Waals surface area contributed by atoms with Crippen LogP contribution in [0.4, 0.5) is 4.39 Å². The fourth-order valence-electron chi connectivity index (χ4n) is 1.80. The van der Waals surface area contributed by atoms with Crippen molar-refractivity contribution in [3.05, 3.63) is 70.5 Å². The number of Topliss-reactive ketones (excluding diaryl/α,β-unsaturated/α-hetero) is 1. The molecule has 0 fully saturated rings. The molecule has 0 aromatic heterocycles. The Morgan fingerprint density at radius 1 is 1.00 bits per heavy atom. The van der Waals surface area contributed by atoms with Gasteiger partial charge in [0.25, 0.3) is 0 Å². The third kappa shape index (κ3) is 2.83. The van der Waals surface area contributed by atoms with E-state index in [0.29, 0.717) is 12.0 Å². The van der Waals surface area contributed by atoms with Gasteiger partial charge >= 0.3 is 0 Å². The van der Waals surface area contributed by atoms with Crippen molar-refractivity contribution < 1.29 is 9.18 Å². The summed E-state index contributed by atoms with van der Waals surface area (Å²) in [6, 6.07) is 11.7. The molecule has 0 atom stereocenters. The highest BCUT2D eigenvalue weighted by Crippen LogP contribution is 2.13. The summed E-state index contributed by atoms with van der Waals surface area (Å²) in [5.41, 5.74) is 3.83. The van der Waals surface area contributed by atoms with Gasteiger partial charge in [0.1, 0.15) is 5.82 Å². The zero-order valence-electron chi connectivity index (χ0n) is 10.5. The fraction of sp³-hybridized carbons (Fsp3) is 0.188. The summed E-state index contributed by atoms with van der Waals surface area (Å²) in [5, 5.41) is 0. The molecule has 0 amide bonds. The van der Waals surface area contributed by atoms with Crippen LogP contribution in [0.25, 0.3) is 0 Å². The third-order valence-electron chi connectivity index (χ3n) is 3.11. The highest BCUT2D eigenvalue weighted by Gasteiger charge is 2.08. The molecule has 92 valence electrons. The largest absolute Gasteiger partial charge is 0.294 e. The van der Waals surface area contributed by atoms with Gasteiger partial charge in [0.15, 0.2) is 5.78 Å². The van der Waals surface area contributed by atoms with Crippen molar-refractivity contribution in [3.63, 3.8) is 0 Å². The number of carbonyl (C=O) groups excluding carboxylic acids is 1. The van der Waals surface area contributed by atoms with E-state index in [-0.39, 0.29) is 11.6 Å². The molecular formula is C16H15FO. The SMILES string of the molecule is Cc1ccc(C(=O)Cc2ccc(F)cc2)cc1C. The van der Waals surface area contributed by atoms with Gasteiger partial charge in [-0.1, -0.05) is 24.3 Å². The normalized spacial score (nSPS) is 10.4. The molecule has 0 N–H and O–H groups in total. The molecule has 0 saturated heterocycles. The molecule has 0 aliphatic heterocycles. The number of carbonyl (C=O) groups is 1. The van der Waals surface area contributed by atoms with Crippen LogP contribution in [-0.4, -0.2) is 5.78 Å². The quantitative estimate of drug-likeness (QED) is 0.747. The van der Waals surface area contributed by atoms with Crippen molar-refractivity contribution >= 4 is 5.78 Å². The van der Waals surface area contributed by atoms with Crippen LogP contribution in [-0.2, 0) is 6.42 Å². The van der Waals surface area contributed by atoms with Crippen molar-refractivity contribution in [3.8, 4) is 0 Å². The number of benzene rings is 2. The molecule has 1 nitrogen and oxygen atoms in total. The lowest BCUT2D eigenvalue weighted by Gasteiger charge is -2.05. The second-order valence-corrected chi connectivity index (χ2v) is 4.53. The number of rotatable bonds is 3. The second kappa shape index (κ2) is 5.13. The smallest absolute Gasteiger partial charge is 0.167 e. The van der Waals surface area contributed by atoms with E-state index in [4.69, 9.17) is 0 Å². The van der Waals surface area contributed by atoms with E-state index >= 15 is 0 Å². The Balaban J connectivity index is 2.16. The maximum absolute atomic E-state index is 12.8. The van der Waals surface area contributed by atoms with E-state index in [1.165, 1.54) is 17.7 Å². The molecule has 0 spiro atoms. The first kappa shape index (κ1) is 12.5. The molecule has 0 unspecified atom stereocenters. The lowest BCUT2D eigenvalue weighted by atomic mass is 9.99. The molecule has 18 heavy (non-hydrogen) atoms. The van der Waals surface area contributed by atoms with E-state index in [9.17, 15) is 9.18 Å². The first-order chi connectivity index (χ1) is 8.56. The number of aryl methyl sites for hydroxylation is 2. The molecule has 2 aromatic carbocycles. The van der Waals surface area contributed by atoms with Crippen molar-refractivity contribution in [2.75, 3.05) is 0 Å². The summed E-state index contributed by atoms with van der Waals surface area (Å²) in [5.74, 6) is -0.220. The Labute approximate surface area is 106 Å². The van der Waals surface area contributed by atoms with Crippen LogP contribution >= 0.6 is 0 Å². The maximum atomic E-state index is 12.8. The van der Waals surface area contributed by atoms with Gasteiger partial charge in [-0.15, -0.1) is 0 Å². The van der Waals surface area contributed by atoms with Gasteiger partial charge < -0.3 is 0 Å². The first-order valence-corrected chi connectivity index (χ1v) is 5.91. The number of halogens is 1. The summed E-state index contributed by atoms with van der Waals surface area (Å²) in [7, 11) is 0. The van der Waals surface area contributed by atoms with Gasteiger partial charge in [0, 0.05) is 12.0 Å². The summed E-state index contributed by atoms with van der Waals surface area (Å²) >= 11 is 0. The van der Waals surface area contributed by atoms with Gasteiger partial charge in [-0.2, -0.15) is 0 Å². The first-order valence-electron chi connectivity index (χ1n) is 5.91. The zero-order chi connectivity index (χ0) is 13.1. The van der Waals surface area contributed by atoms with Crippen molar-refractivity contribution in [1.29, 1.82) is 0 Å². The van der Waals surface area contributed by atoms with E-state index in [0.717, 1.165) is 11.1 Å². The Bertz CT molecular complexity index is 570. The molecule has 2 heteroatoms. The molecule has 0 radical (unpaired) electrons. The minimum atomic E-state index is -0.280. The molecule has 0 saturated carbocycles. The number of ketones is 1. The van der Waals surface area contributed by atoms with Crippen LogP contribution in [0, 0.1) is 19.7 Å². The Hall–Kier alpha value is -1.96. The lowest BCUT2D eigenvalue weighted by Crippen LogP contribution is -2.04. The minimum Gasteiger partial charge on any atom is -0.294 e. The Kier molecular flexibility index (Phi) is 3.56. The average Bonchev–Trinajstić information content (AvgIpc) is 2.35. The minimum absolute atomic E-state index is 0.0599. The van der Waals surface area contributed by atoms with Gasteiger partial charge in [0.05, 0.1) is 0 Å². The maximum Gasteiger partial charge on any atom is 0.167 e. The summed E-state index contributed by atoms with van der Waals surface area (Å²) in [6.07, 6.45) is 0.308. The average molecular weight is 242 g/mol. The zero-order valence-corrected chi connectivity index (χ0v) is 10.5. The van der Waals surface area contributed by atoms with Gasteiger partial charge in [0.2, 0.25) is 0 Å². The summed E-state index contributed by atoms with van der Waals surface area (Å²) < 4.78 is 12.8. The molecule has 0 aliphatic rings. The van der Waals surface area contributed by atoms with Crippen LogP contribution < -0.4 is 0 Å². The van der Waals surface area contributed by atoms with Crippen LogP contribution in [0.2, 0.25) is 0 Å². The fourth-order valence-corrected chi connectivity index (χ4v) is 1.80. The Morgan fingerprint density at radius 3 is 2.28 bits per heavy atom. The molecule has 0 aliphatic carbocycles.